The van der Waals surface area contributed by atoms with E-state index >= 15 is 0 Å². The maximum Gasteiger partial charge on any atom is 0.0991 e. The Bertz CT molecular complexity index is 422. The van der Waals surface area contributed by atoms with E-state index in [0.29, 0.717) is 6.04 Å². The molecule has 1 aromatic rings. The van der Waals surface area contributed by atoms with E-state index in [9.17, 15) is 0 Å². The van der Waals surface area contributed by atoms with Crippen molar-refractivity contribution in [3.05, 3.63) is 35.4 Å². The maximum atomic E-state index is 8.88. The van der Waals surface area contributed by atoms with Gasteiger partial charge in [0, 0.05) is 32.2 Å². The Labute approximate surface area is 103 Å². The fourth-order valence-electron chi connectivity index (χ4n) is 2.39. The summed E-state index contributed by atoms with van der Waals surface area (Å²) in [6.45, 7) is 6.57. The maximum absolute atomic E-state index is 8.88. The van der Waals surface area contributed by atoms with Gasteiger partial charge >= 0.3 is 0 Å². The number of nitriles is 1. The van der Waals surface area contributed by atoms with Gasteiger partial charge in [-0.25, -0.2) is 0 Å². The number of nitrogens with zero attached hydrogens (tertiary/aromatic N) is 3. The van der Waals surface area contributed by atoms with Gasteiger partial charge in [0.1, 0.15) is 0 Å². The van der Waals surface area contributed by atoms with Gasteiger partial charge in [0.2, 0.25) is 0 Å². The molecule has 0 amide bonds. The summed E-state index contributed by atoms with van der Waals surface area (Å²) in [7, 11) is 2.17. The first-order chi connectivity index (χ1) is 8.19. The molecular weight excluding hydrogens is 210 g/mol. The van der Waals surface area contributed by atoms with E-state index in [4.69, 9.17) is 5.26 Å². The first kappa shape index (κ1) is 12.1. The van der Waals surface area contributed by atoms with Crippen LogP contribution in [0.15, 0.2) is 24.3 Å². The third-order valence-electron chi connectivity index (χ3n) is 3.41. The Morgan fingerprint density at radius 1 is 1.41 bits per heavy atom. The van der Waals surface area contributed by atoms with Crippen molar-refractivity contribution in [3.63, 3.8) is 0 Å². The second-order valence-corrected chi connectivity index (χ2v) is 4.89. The Balaban J connectivity index is 2.03. The lowest BCUT2D eigenvalue weighted by atomic mass is 10.1. The smallest absolute Gasteiger partial charge is 0.0991 e. The first-order valence-electron chi connectivity index (χ1n) is 6.10. The molecule has 0 bridgehead atoms. The zero-order valence-corrected chi connectivity index (χ0v) is 10.6. The Morgan fingerprint density at radius 3 is 2.94 bits per heavy atom. The average molecular weight is 229 g/mol. The summed E-state index contributed by atoms with van der Waals surface area (Å²) in [5, 5.41) is 8.88. The fraction of sp³-hybridized carbons (Fsp3) is 0.500. The van der Waals surface area contributed by atoms with Gasteiger partial charge in [0.05, 0.1) is 11.6 Å². The average Bonchev–Trinajstić information content (AvgIpc) is 2.33. The molecule has 1 aromatic carbocycles. The molecule has 0 radical (unpaired) electrons. The molecule has 0 saturated carbocycles. The van der Waals surface area contributed by atoms with Crippen LogP contribution in [0.25, 0.3) is 0 Å². The van der Waals surface area contributed by atoms with Crippen molar-refractivity contribution in [2.75, 3.05) is 26.7 Å². The number of hydrogen-bond donors (Lipinski definition) is 0. The van der Waals surface area contributed by atoms with E-state index in [-0.39, 0.29) is 0 Å². The molecular formula is C14H19N3. The van der Waals surface area contributed by atoms with Gasteiger partial charge in [-0.05, 0) is 31.7 Å². The van der Waals surface area contributed by atoms with Gasteiger partial charge in [0.15, 0.2) is 0 Å². The zero-order valence-electron chi connectivity index (χ0n) is 10.6. The highest BCUT2D eigenvalue weighted by atomic mass is 15.3. The fourth-order valence-corrected chi connectivity index (χ4v) is 2.39. The molecule has 3 nitrogen and oxygen atoms in total. The second kappa shape index (κ2) is 5.31. The van der Waals surface area contributed by atoms with E-state index in [1.165, 1.54) is 5.56 Å². The van der Waals surface area contributed by atoms with Crippen molar-refractivity contribution < 1.29 is 0 Å². The first-order valence-corrected chi connectivity index (χ1v) is 6.10. The van der Waals surface area contributed by atoms with Crippen LogP contribution in [-0.4, -0.2) is 42.5 Å². The summed E-state index contributed by atoms with van der Waals surface area (Å²) in [5.74, 6) is 0. The monoisotopic (exact) mass is 229 g/mol. The lowest BCUT2D eigenvalue weighted by Crippen LogP contribution is -2.49. The normalized spacial score (nSPS) is 22.3. The summed E-state index contributed by atoms with van der Waals surface area (Å²) in [4.78, 5) is 4.85. The molecule has 1 unspecified atom stereocenters. The predicted molar refractivity (Wildman–Crippen MR) is 68.5 cm³/mol. The minimum absolute atomic E-state index is 0.583. The third kappa shape index (κ3) is 3.06. The molecule has 17 heavy (non-hydrogen) atoms. The van der Waals surface area contributed by atoms with Crippen LogP contribution in [0.4, 0.5) is 0 Å². The molecule has 1 aliphatic heterocycles. The van der Waals surface area contributed by atoms with E-state index in [0.717, 1.165) is 31.7 Å². The minimum atomic E-state index is 0.583. The molecule has 0 N–H and O–H groups in total. The summed E-state index contributed by atoms with van der Waals surface area (Å²) in [6, 6.07) is 10.7. The van der Waals surface area contributed by atoms with Crippen molar-refractivity contribution in [1.29, 1.82) is 5.26 Å². The van der Waals surface area contributed by atoms with E-state index < -0.39 is 0 Å². The van der Waals surface area contributed by atoms with E-state index in [1.807, 2.05) is 18.2 Å². The van der Waals surface area contributed by atoms with Crippen molar-refractivity contribution in [2.45, 2.75) is 19.5 Å². The van der Waals surface area contributed by atoms with Crippen LogP contribution in [0.1, 0.15) is 18.1 Å². The molecule has 1 aliphatic rings. The van der Waals surface area contributed by atoms with Crippen LogP contribution < -0.4 is 0 Å². The largest absolute Gasteiger partial charge is 0.304 e. The number of hydrogen-bond acceptors (Lipinski definition) is 3. The molecule has 1 atom stereocenters. The molecule has 1 saturated heterocycles. The van der Waals surface area contributed by atoms with Crippen LogP contribution in [0, 0.1) is 11.3 Å². The highest BCUT2D eigenvalue weighted by Gasteiger charge is 2.21. The molecule has 1 heterocycles. The van der Waals surface area contributed by atoms with Gasteiger partial charge in [-0.1, -0.05) is 12.1 Å². The van der Waals surface area contributed by atoms with Crippen molar-refractivity contribution in [2.24, 2.45) is 0 Å². The molecule has 2 rings (SSSR count). The van der Waals surface area contributed by atoms with Crippen LogP contribution in [-0.2, 0) is 6.54 Å². The predicted octanol–water partition coefficient (Wildman–Crippen LogP) is 1.69. The molecule has 0 aromatic heterocycles. The number of rotatable bonds is 2. The Morgan fingerprint density at radius 2 is 2.24 bits per heavy atom. The molecule has 1 fully saturated rings. The minimum Gasteiger partial charge on any atom is -0.304 e. The summed E-state index contributed by atoms with van der Waals surface area (Å²) in [5.41, 5.74) is 1.99. The Hall–Kier alpha value is -1.37. The summed E-state index contributed by atoms with van der Waals surface area (Å²) < 4.78 is 0. The standard InChI is InChI=1S/C14H19N3/c1-12-10-16(2)6-7-17(12)11-14-5-3-4-13(8-14)9-15/h3-5,8,12H,6-7,10-11H2,1-2H3. The number of piperazine rings is 1. The summed E-state index contributed by atoms with van der Waals surface area (Å²) >= 11 is 0. The topological polar surface area (TPSA) is 30.3 Å². The van der Waals surface area contributed by atoms with Crippen LogP contribution in [0.2, 0.25) is 0 Å². The van der Waals surface area contributed by atoms with Crippen LogP contribution in [0.3, 0.4) is 0 Å². The molecule has 0 aliphatic carbocycles. The van der Waals surface area contributed by atoms with Crippen LogP contribution >= 0.6 is 0 Å². The van der Waals surface area contributed by atoms with E-state index in [1.54, 1.807) is 0 Å². The highest BCUT2D eigenvalue weighted by molar-refractivity contribution is 5.32. The molecule has 0 spiro atoms. The molecule has 90 valence electrons. The van der Waals surface area contributed by atoms with Crippen LogP contribution in [0.5, 0.6) is 0 Å². The SMILES string of the molecule is CC1CN(C)CCN1Cc1cccc(C#N)c1. The van der Waals surface area contributed by atoms with Gasteiger partial charge < -0.3 is 4.90 Å². The quantitative estimate of drug-likeness (QED) is 0.773. The Kier molecular flexibility index (Phi) is 3.78. The zero-order chi connectivity index (χ0) is 12.3. The number of likely N-dealkylation sites (N-methyl/N-ethyl adjacent to an activating group) is 1. The van der Waals surface area contributed by atoms with Gasteiger partial charge in [-0.2, -0.15) is 5.26 Å². The molecule has 3 heteroatoms. The highest BCUT2D eigenvalue weighted by Crippen LogP contribution is 2.13. The third-order valence-corrected chi connectivity index (χ3v) is 3.41. The lowest BCUT2D eigenvalue weighted by Gasteiger charge is -2.38. The summed E-state index contributed by atoms with van der Waals surface area (Å²) in [6.07, 6.45) is 0. The van der Waals surface area contributed by atoms with Gasteiger partial charge in [-0.15, -0.1) is 0 Å². The van der Waals surface area contributed by atoms with Crippen molar-refractivity contribution in [3.8, 4) is 6.07 Å². The second-order valence-electron chi connectivity index (χ2n) is 4.89. The van der Waals surface area contributed by atoms with Crippen molar-refractivity contribution in [1.82, 2.24) is 9.80 Å². The van der Waals surface area contributed by atoms with Crippen molar-refractivity contribution >= 4 is 0 Å². The van der Waals surface area contributed by atoms with Gasteiger partial charge in [0.25, 0.3) is 0 Å². The van der Waals surface area contributed by atoms with Gasteiger partial charge in [-0.3, -0.25) is 4.90 Å². The van der Waals surface area contributed by atoms with E-state index in [2.05, 4.69) is 35.9 Å². The lowest BCUT2D eigenvalue weighted by molar-refractivity contribution is 0.0938. The number of benzene rings is 1.